The van der Waals surface area contributed by atoms with Crippen molar-refractivity contribution in [3.8, 4) is 5.75 Å². The van der Waals surface area contributed by atoms with Gasteiger partial charge in [0.25, 0.3) is 5.79 Å². The van der Waals surface area contributed by atoms with Crippen LogP contribution in [0.25, 0.3) is 0 Å². The van der Waals surface area contributed by atoms with Gasteiger partial charge >= 0.3 is 23.1 Å². The van der Waals surface area contributed by atoms with E-state index >= 15 is 0 Å². The van der Waals surface area contributed by atoms with Gasteiger partial charge in [-0.3, -0.25) is 4.79 Å². The van der Waals surface area contributed by atoms with Crippen molar-refractivity contribution in [2.75, 3.05) is 6.61 Å². The smallest absolute Gasteiger partial charge is 0.396 e. The van der Waals surface area contributed by atoms with E-state index in [2.05, 4.69) is 27.3 Å². The van der Waals surface area contributed by atoms with Crippen molar-refractivity contribution < 1.29 is 54.3 Å². The molecule has 0 amide bonds. The van der Waals surface area contributed by atoms with Crippen molar-refractivity contribution in [2.24, 2.45) is 5.92 Å². The van der Waals surface area contributed by atoms with E-state index in [4.69, 9.17) is 9.47 Å². The molecule has 190 valence electrons. The van der Waals surface area contributed by atoms with Crippen LogP contribution in [0.2, 0.25) is 0 Å². The first-order chi connectivity index (χ1) is 15.5. The molecule has 0 aromatic heterocycles. The van der Waals surface area contributed by atoms with Crippen LogP contribution in [0.5, 0.6) is 5.75 Å². The zero-order valence-corrected chi connectivity index (χ0v) is 24.0. The Labute approximate surface area is 232 Å². The number of hydrogen-bond donors (Lipinski definition) is 0. The lowest BCUT2D eigenvalue weighted by Gasteiger charge is -2.42. The van der Waals surface area contributed by atoms with Crippen LogP contribution < -0.4 is 4.74 Å². The van der Waals surface area contributed by atoms with E-state index in [1.54, 1.807) is 0 Å². The second kappa shape index (κ2) is 9.92. The number of carbonyl (C=O) groups is 2. The third-order valence-corrected chi connectivity index (χ3v) is 10.1. The fraction of sp³-hybridized carbons (Fsp3) is 0.556. The Morgan fingerprint density at radius 1 is 1.15 bits per heavy atom. The molecule has 0 radical (unpaired) electrons. The van der Waals surface area contributed by atoms with Crippen LogP contribution in [0.15, 0.2) is 6.07 Å². The fourth-order valence-corrected chi connectivity index (χ4v) is 6.47. The molecule has 2 aliphatic rings. The highest BCUT2D eigenvalue weighted by Crippen LogP contribution is 2.46. The molecule has 1 saturated carbocycles. The third-order valence-electron chi connectivity index (χ3n) is 5.38. The summed E-state index contributed by atoms with van der Waals surface area (Å²) < 4.78 is 103. The van der Waals surface area contributed by atoms with Crippen LogP contribution in [0.4, 0.5) is 17.6 Å². The maximum absolute atomic E-state index is 13.5. The summed E-state index contributed by atoms with van der Waals surface area (Å²) in [7, 11) is -6.61. The number of rotatable bonds is 6. The molecule has 34 heavy (non-hydrogen) atoms. The van der Waals surface area contributed by atoms with Gasteiger partial charge in [-0.25, -0.2) is 13.2 Å². The lowest BCUT2D eigenvalue weighted by atomic mass is 9.84. The van der Waals surface area contributed by atoms with Gasteiger partial charge < -0.3 is 18.8 Å². The van der Waals surface area contributed by atoms with Crippen molar-refractivity contribution in [3.05, 3.63) is 22.3 Å². The molecule has 1 aromatic carbocycles. The van der Waals surface area contributed by atoms with Crippen molar-refractivity contribution >= 4 is 89.8 Å². The highest BCUT2D eigenvalue weighted by molar-refractivity contribution is 14.1. The SMILES string of the molecule is O=C1OC2(CCC(C(=O)OCCC(F)(F)C(F)(F)S(=O)(=O)[O-])CC2)Oc2c(I)cc(I)c(I)c21. The van der Waals surface area contributed by atoms with Crippen LogP contribution in [-0.4, -0.2) is 48.5 Å². The molecule has 1 heterocycles. The number of halogens is 7. The van der Waals surface area contributed by atoms with Crippen LogP contribution in [-0.2, 0) is 24.4 Å². The van der Waals surface area contributed by atoms with Crippen molar-refractivity contribution in [1.29, 1.82) is 0 Å². The molecule has 1 aliphatic carbocycles. The second-order valence-electron chi connectivity index (χ2n) is 7.63. The number of hydrogen-bond acceptors (Lipinski definition) is 8. The van der Waals surface area contributed by atoms with E-state index in [-0.39, 0.29) is 25.7 Å². The Kier molecular flexibility index (Phi) is 8.27. The molecule has 0 N–H and O–H groups in total. The van der Waals surface area contributed by atoms with E-state index in [9.17, 15) is 40.1 Å². The molecular formula is C18H14F4I3O8S-. The number of esters is 2. The van der Waals surface area contributed by atoms with Crippen LogP contribution in [0, 0.1) is 16.6 Å². The van der Waals surface area contributed by atoms with E-state index in [0.717, 1.165) is 3.57 Å². The highest BCUT2D eigenvalue weighted by atomic mass is 127. The average molecular weight is 847 g/mol. The van der Waals surface area contributed by atoms with Gasteiger partial charge in [-0.1, -0.05) is 0 Å². The molecule has 1 fully saturated rings. The topological polar surface area (TPSA) is 119 Å². The molecule has 1 aliphatic heterocycles. The summed E-state index contributed by atoms with van der Waals surface area (Å²) >= 11 is 6.13. The highest BCUT2D eigenvalue weighted by Gasteiger charge is 2.61. The molecule has 1 spiro atoms. The first-order valence-electron chi connectivity index (χ1n) is 9.49. The summed E-state index contributed by atoms with van der Waals surface area (Å²) in [6.45, 7) is -1.22. The Hall–Kier alpha value is -0.220. The van der Waals surface area contributed by atoms with Crippen LogP contribution in [0.1, 0.15) is 42.5 Å². The first kappa shape index (κ1) is 28.4. The Bertz CT molecular complexity index is 1120. The summed E-state index contributed by atoms with van der Waals surface area (Å²) in [5.74, 6) is -8.48. The maximum atomic E-state index is 13.5. The van der Waals surface area contributed by atoms with Gasteiger partial charge in [0.15, 0.2) is 15.9 Å². The van der Waals surface area contributed by atoms with Gasteiger partial charge in [0.2, 0.25) is 0 Å². The minimum absolute atomic E-state index is 0.0965. The van der Waals surface area contributed by atoms with E-state index in [1.807, 2.05) is 51.2 Å². The van der Waals surface area contributed by atoms with Gasteiger partial charge in [0, 0.05) is 20.0 Å². The second-order valence-corrected chi connectivity index (χ2v) is 12.5. The minimum Gasteiger partial charge on any atom is -0.743 e. The predicted octanol–water partition coefficient (Wildman–Crippen LogP) is 4.64. The molecule has 0 bridgehead atoms. The molecule has 3 rings (SSSR count). The van der Waals surface area contributed by atoms with Crippen molar-refractivity contribution in [1.82, 2.24) is 0 Å². The molecule has 0 unspecified atom stereocenters. The molecule has 8 nitrogen and oxygen atoms in total. The summed E-state index contributed by atoms with van der Waals surface area (Å²) in [5, 5.41) is -5.84. The van der Waals surface area contributed by atoms with Gasteiger partial charge in [0.05, 0.1) is 22.5 Å². The predicted molar refractivity (Wildman–Crippen MR) is 130 cm³/mol. The summed E-state index contributed by atoms with van der Waals surface area (Å²) in [5.41, 5.74) is 0.307. The molecular weight excluding hydrogens is 833 g/mol. The van der Waals surface area contributed by atoms with Crippen molar-refractivity contribution in [3.63, 3.8) is 0 Å². The fourth-order valence-electron chi connectivity index (χ4n) is 3.51. The molecule has 0 saturated heterocycles. The molecule has 16 heteroatoms. The number of ether oxygens (including phenoxy) is 3. The average Bonchev–Trinajstić information content (AvgIpc) is 2.71. The molecule has 1 aromatic rings. The third kappa shape index (κ3) is 5.38. The Balaban J connectivity index is 1.60. The van der Waals surface area contributed by atoms with Crippen LogP contribution in [0.3, 0.4) is 0 Å². The summed E-state index contributed by atoms with van der Waals surface area (Å²) in [4.78, 5) is 24.9. The quantitative estimate of drug-likeness (QED) is 0.134. The van der Waals surface area contributed by atoms with Crippen LogP contribution >= 0.6 is 67.8 Å². The molecule has 0 atom stereocenters. The normalized spacial score (nSPS) is 23.2. The van der Waals surface area contributed by atoms with Gasteiger partial charge in [0.1, 0.15) is 5.56 Å². The van der Waals surface area contributed by atoms with Gasteiger partial charge in [-0.15, -0.1) is 0 Å². The number of benzene rings is 1. The largest absolute Gasteiger partial charge is 0.743 e. The lowest BCUT2D eigenvalue weighted by molar-refractivity contribution is -0.187. The standard InChI is InChI=1S/C18H15F4I3O8S/c19-17(20,18(21,22)34(28,29)30)5-6-31-14(26)8-1-3-16(4-2-8)32-13-10(24)7-9(23)12(25)11(13)15(27)33-16/h7-8H,1-6H2,(H,28,29,30)/p-1. The van der Waals surface area contributed by atoms with Gasteiger partial charge in [-0.05, 0) is 86.7 Å². The van der Waals surface area contributed by atoms with Gasteiger partial charge in [-0.2, -0.15) is 17.6 Å². The summed E-state index contributed by atoms with van der Waals surface area (Å²) in [6.07, 6.45) is -1.46. The minimum atomic E-state index is -6.61. The Morgan fingerprint density at radius 2 is 1.74 bits per heavy atom. The monoisotopic (exact) mass is 847 g/mol. The first-order valence-corrected chi connectivity index (χ1v) is 14.1. The lowest BCUT2D eigenvalue weighted by Crippen LogP contribution is -2.49. The summed E-state index contributed by atoms with van der Waals surface area (Å²) in [6, 6.07) is 1.84. The van der Waals surface area contributed by atoms with E-state index in [0.29, 0.717) is 18.5 Å². The van der Waals surface area contributed by atoms with Crippen molar-refractivity contribution in [2.45, 2.75) is 49.1 Å². The maximum Gasteiger partial charge on any atom is 0.396 e. The number of fused-ring (bicyclic) bond motifs is 1. The number of carbonyl (C=O) groups excluding carboxylic acids is 2. The Morgan fingerprint density at radius 3 is 2.29 bits per heavy atom. The van der Waals surface area contributed by atoms with E-state index in [1.165, 1.54) is 0 Å². The number of alkyl halides is 4. The van der Waals surface area contributed by atoms with E-state index < -0.39 is 58.0 Å². The zero-order chi connectivity index (χ0) is 25.7. The zero-order valence-electron chi connectivity index (χ0n) is 16.7.